The Morgan fingerprint density at radius 3 is 2.03 bits per heavy atom. The van der Waals surface area contributed by atoms with Crippen molar-refractivity contribution in [3.8, 4) is 11.5 Å². The number of benzene rings is 3. The maximum Gasteiger partial charge on any atom is 0.332 e. The molecule has 0 unspecified atom stereocenters. The first-order valence-electron chi connectivity index (χ1n) is 12.3. The maximum atomic E-state index is 13.7. The van der Waals surface area contributed by atoms with Crippen molar-refractivity contribution in [2.24, 2.45) is 0 Å². The van der Waals surface area contributed by atoms with Gasteiger partial charge in [-0.05, 0) is 54.8 Å². The lowest BCUT2D eigenvalue weighted by atomic mass is 10.1. The Bertz CT molecular complexity index is 1570. The molecule has 1 heterocycles. The Labute approximate surface area is 225 Å². The van der Waals surface area contributed by atoms with Gasteiger partial charge < -0.3 is 14.8 Å². The molecule has 3 aromatic carbocycles. The fraction of sp³-hybridized carbons (Fsp3) is 0.276. The van der Waals surface area contributed by atoms with Gasteiger partial charge in [0.1, 0.15) is 0 Å². The largest absolute Gasteiger partial charge is 0.493 e. The van der Waals surface area contributed by atoms with Gasteiger partial charge in [-0.25, -0.2) is 4.79 Å². The number of amides is 1. The third-order valence-corrected chi connectivity index (χ3v) is 6.78. The molecule has 0 aliphatic carbocycles. The van der Waals surface area contributed by atoms with Crippen LogP contribution in [0.25, 0.3) is 10.9 Å². The molecule has 8 nitrogen and oxygen atoms in total. The smallest absolute Gasteiger partial charge is 0.332 e. The fourth-order valence-electron chi connectivity index (χ4n) is 4.16. The molecule has 9 heteroatoms. The van der Waals surface area contributed by atoms with Gasteiger partial charge in [0.2, 0.25) is 0 Å². The lowest BCUT2D eigenvalue weighted by molar-refractivity contribution is 0.0939. The predicted molar refractivity (Wildman–Crippen MR) is 149 cm³/mol. The Balaban J connectivity index is 1.80. The molecule has 0 saturated heterocycles. The topological polar surface area (TPSA) is 91.6 Å². The van der Waals surface area contributed by atoms with E-state index in [9.17, 15) is 14.4 Å². The number of carbonyl (C=O) groups is 1. The molecule has 4 aromatic rings. The molecule has 0 bridgehead atoms. The second-order valence-electron chi connectivity index (χ2n) is 9.09. The van der Waals surface area contributed by atoms with Crippen LogP contribution >= 0.6 is 11.6 Å². The van der Waals surface area contributed by atoms with Crippen LogP contribution in [0.3, 0.4) is 0 Å². The van der Waals surface area contributed by atoms with Gasteiger partial charge in [0.25, 0.3) is 11.5 Å². The predicted octanol–water partition coefficient (Wildman–Crippen LogP) is 4.46. The molecule has 0 saturated carbocycles. The first-order valence-corrected chi connectivity index (χ1v) is 12.7. The molecule has 0 aliphatic heterocycles. The van der Waals surface area contributed by atoms with Gasteiger partial charge in [-0.1, -0.05) is 42.8 Å². The third-order valence-electron chi connectivity index (χ3n) is 6.53. The molecule has 1 amide bonds. The fourth-order valence-corrected chi connectivity index (χ4v) is 4.29. The van der Waals surface area contributed by atoms with Crippen LogP contribution in [-0.2, 0) is 13.1 Å². The van der Waals surface area contributed by atoms with Crippen molar-refractivity contribution in [3.05, 3.63) is 103 Å². The molecule has 1 atom stereocenters. The first kappa shape index (κ1) is 27.0. The minimum atomic E-state index is -0.469. The number of nitrogens with zero attached hydrogens (tertiary/aromatic N) is 2. The van der Waals surface area contributed by atoms with Crippen LogP contribution in [0.2, 0.25) is 5.02 Å². The van der Waals surface area contributed by atoms with Crippen LogP contribution in [0.5, 0.6) is 11.5 Å². The number of rotatable bonds is 9. The minimum absolute atomic E-state index is 0.0375. The van der Waals surface area contributed by atoms with Crippen molar-refractivity contribution in [2.45, 2.75) is 39.4 Å². The number of methoxy groups -OCH3 is 2. The average Bonchev–Trinajstić information content (AvgIpc) is 2.93. The summed E-state index contributed by atoms with van der Waals surface area (Å²) in [7, 11) is 2.99. The number of ether oxygens (including phenoxy) is 2. The van der Waals surface area contributed by atoms with E-state index < -0.39 is 11.2 Å². The van der Waals surface area contributed by atoms with Crippen LogP contribution in [0.4, 0.5) is 0 Å². The van der Waals surface area contributed by atoms with E-state index in [1.165, 1.54) is 23.4 Å². The zero-order chi connectivity index (χ0) is 27.4. The molecule has 1 N–H and O–H groups in total. The highest BCUT2D eigenvalue weighted by molar-refractivity contribution is 6.30. The van der Waals surface area contributed by atoms with Gasteiger partial charge in [-0.15, -0.1) is 0 Å². The van der Waals surface area contributed by atoms with Crippen molar-refractivity contribution < 1.29 is 14.3 Å². The zero-order valence-corrected chi connectivity index (χ0v) is 22.5. The summed E-state index contributed by atoms with van der Waals surface area (Å²) in [6, 6.07) is 17.4. The number of aromatic nitrogens is 2. The second kappa shape index (κ2) is 11.6. The van der Waals surface area contributed by atoms with Crippen molar-refractivity contribution >= 4 is 28.4 Å². The molecular formula is C29H30ClN3O5. The molecule has 0 radical (unpaired) electrons. The lowest BCUT2D eigenvalue weighted by Gasteiger charge is -2.17. The number of fused-ring (bicyclic) bond motifs is 1. The standard InChI is InChI=1S/C29H30ClN3O5/c1-5-18(2)31-27(34)21-10-6-19(7-11-21)17-33-28(35)23-14-25(37-3)26(38-4)15-24(23)32(29(33)36)16-20-8-12-22(30)13-9-20/h6-15,18H,5,16-17H2,1-4H3,(H,31,34)/t18-/m1/s1. The summed E-state index contributed by atoms with van der Waals surface area (Å²) < 4.78 is 13.6. The van der Waals surface area contributed by atoms with Crippen molar-refractivity contribution in [2.75, 3.05) is 14.2 Å². The van der Waals surface area contributed by atoms with Crippen molar-refractivity contribution in [1.82, 2.24) is 14.5 Å². The molecule has 4 rings (SSSR count). The van der Waals surface area contributed by atoms with E-state index in [1.54, 1.807) is 48.5 Å². The molecule has 0 fully saturated rings. The van der Waals surface area contributed by atoms with E-state index in [1.807, 2.05) is 26.0 Å². The molecule has 38 heavy (non-hydrogen) atoms. The Hall–Kier alpha value is -4.04. The molecule has 1 aromatic heterocycles. The number of hydrogen-bond donors (Lipinski definition) is 1. The summed E-state index contributed by atoms with van der Waals surface area (Å²) in [6.07, 6.45) is 0.827. The quantitative estimate of drug-likeness (QED) is 0.342. The highest BCUT2D eigenvalue weighted by Gasteiger charge is 2.18. The average molecular weight is 536 g/mol. The lowest BCUT2D eigenvalue weighted by Crippen LogP contribution is -2.40. The van der Waals surface area contributed by atoms with Gasteiger partial charge in [0.05, 0.1) is 38.2 Å². The Morgan fingerprint density at radius 1 is 0.895 bits per heavy atom. The number of hydrogen-bond acceptors (Lipinski definition) is 5. The summed E-state index contributed by atoms with van der Waals surface area (Å²) in [6.45, 7) is 4.20. The Kier molecular flexibility index (Phi) is 8.22. The van der Waals surface area contributed by atoms with Crippen LogP contribution in [0.1, 0.15) is 41.8 Å². The zero-order valence-electron chi connectivity index (χ0n) is 21.8. The third kappa shape index (κ3) is 5.60. The maximum absolute atomic E-state index is 13.7. The monoisotopic (exact) mass is 535 g/mol. The summed E-state index contributed by atoms with van der Waals surface area (Å²) >= 11 is 6.04. The highest BCUT2D eigenvalue weighted by atomic mass is 35.5. The van der Waals surface area contributed by atoms with E-state index >= 15 is 0 Å². The summed E-state index contributed by atoms with van der Waals surface area (Å²) in [5.74, 6) is 0.629. The molecule has 0 aliphatic rings. The summed E-state index contributed by atoms with van der Waals surface area (Å²) in [5, 5.41) is 3.84. The van der Waals surface area contributed by atoms with Crippen LogP contribution in [-0.4, -0.2) is 35.3 Å². The van der Waals surface area contributed by atoms with Gasteiger partial charge in [0.15, 0.2) is 11.5 Å². The number of carbonyl (C=O) groups excluding carboxylic acids is 1. The number of nitrogens with one attached hydrogen (secondary N) is 1. The Morgan fingerprint density at radius 2 is 1.45 bits per heavy atom. The van der Waals surface area contributed by atoms with Gasteiger partial charge in [0, 0.05) is 22.7 Å². The minimum Gasteiger partial charge on any atom is -0.493 e. The van der Waals surface area contributed by atoms with E-state index in [0.717, 1.165) is 12.0 Å². The first-order chi connectivity index (χ1) is 18.2. The highest BCUT2D eigenvalue weighted by Crippen LogP contribution is 2.30. The van der Waals surface area contributed by atoms with E-state index in [2.05, 4.69) is 5.32 Å². The van der Waals surface area contributed by atoms with Crippen molar-refractivity contribution in [1.29, 1.82) is 0 Å². The van der Waals surface area contributed by atoms with Crippen molar-refractivity contribution in [3.63, 3.8) is 0 Å². The van der Waals surface area contributed by atoms with Gasteiger partial charge in [-0.3, -0.25) is 18.7 Å². The van der Waals surface area contributed by atoms with Gasteiger partial charge in [-0.2, -0.15) is 0 Å². The molecule has 0 spiro atoms. The second-order valence-corrected chi connectivity index (χ2v) is 9.53. The molecule has 198 valence electrons. The van der Waals surface area contributed by atoms with Crippen LogP contribution < -0.4 is 26.0 Å². The van der Waals surface area contributed by atoms with Crippen LogP contribution in [0.15, 0.2) is 70.3 Å². The summed E-state index contributed by atoms with van der Waals surface area (Å²) in [5.41, 5.74) is 1.58. The van der Waals surface area contributed by atoms with E-state index in [0.29, 0.717) is 38.6 Å². The normalized spacial score (nSPS) is 11.8. The van der Waals surface area contributed by atoms with Gasteiger partial charge >= 0.3 is 5.69 Å². The summed E-state index contributed by atoms with van der Waals surface area (Å²) in [4.78, 5) is 39.7. The van der Waals surface area contributed by atoms with E-state index in [4.69, 9.17) is 21.1 Å². The SMILES string of the molecule is CC[C@@H](C)NC(=O)c1ccc(Cn2c(=O)c3cc(OC)c(OC)cc3n(Cc3ccc(Cl)cc3)c2=O)cc1. The van der Waals surface area contributed by atoms with E-state index in [-0.39, 0.29) is 25.0 Å². The van der Waals surface area contributed by atoms with Crippen LogP contribution in [0, 0.1) is 0 Å². The molecular weight excluding hydrogens is 506 g/mol. The number of halogens is 1.